The van der Waals surface area contributed by atoms with Crippen LogP contribution in [0.25, 0.3) is 0 Å². The summed E-state index contributed by atoms with van der Waals surface area (Å²) in [5, 5.41) is 11.0. The van der Waals surface area contributed by atoms with Gasteiger partial charge in [0.25, 0.3) is 0 Å². The van der Waals surface area contributed by atoms with Crippen molar-refractivity contribution < 1.29 is 14.6 Å². The van der Waals surface area contributed by atoms with Gasteiger partial charge in [-0.15, -0.1) is 0 Å². The molecule has 3 aromatic carbocycles. The average molecular weight is 471 g/mol. The van der Waals surface area contributed by atoms with Gasteiger partial charge in [-0.2, -0.15) is 0 Å². The topological polar surface area (TPSA) is 53.0 Å². The number of benzene rings is 3. The Hall–Kier alpha value is -3.15. The van der Waals surface area contributed by atoms with Crippen LogP contribution < -0.4 is 4.74 Å². The Labute approximate surface area is 208 Å². The third kappa shape index (κ3) is 5.58. The molecule has 2 aliphatic heterocycles. The van der Waals surface area contributed by atoms with Gasteiger partial charge in [0.2, 0.25) is 5.91 Å². The van der Waals surface area contributed by atoms with Crippen LogP contribution in [0.15, 0.2) is 78.9 Å². The lowest BCUT2D eigenvalue weighted by atomic mass is 9.86. The molecule has 2 fully saturated rings. The molecule has 3 atom stereocenters. The Kier molecular flexibility index (Phi) is 7.16. The molecule has 35 heavy (non-hydrogen) atoms. The number of ether oxygens (including phenoxy) is 1. The van der Waals surface area contributed by atoms with Crippen molar-refractivity contribution >= 4 is 5.91 Å². The first kappa shape index (κ1) is 23.6. The predicted molar refractivity (Wildman–Crippen MR) is 137 cm³/mol. The normalized spacial score (nSPS) is 23.0. The summed E-state index contributed by atoms with van der Waals surface area (Å²) in [6, 6.07) is 26.5. The summed E-state index contributed by atoms with van der Waals surface area (Å²) in [7, 11) is 0. The van der Waals surface area contributed by atoms with Gasteiger partial charge in [0.15, 0.2) is 0 Å². The van der Waals surface area contributed by atoms with Crippen molar-refractivity contribution in [3.63, 3.8) is 0 Å². The first-order chi connectivity index (χ1) is 17.1. The van der Waals surface area contributed by atoms with E-state index in [1.165, 1.54) is 11.1 Å². The van der Waals surface area contributed by atoms with Crippen LogP contribution >= 0.6 is 0 Å². The highest BCUT2D eigenvalue weighted by Crippen LogP contribution is 2.32. The molecule has 182 valence electrons. The smallest absolute Gasteiger partial charge is 0.240 e. The van der Waals surface area contributed by atoms with Crippen molar-refractivity contribution in [2.45, 2.75) is 51.0 Å². The zero-order chi connectivity index (χ0) is 24.2. The number of carbonyl (C=O) groups is 1. The number of likely N-dealkylation sites (tertiary alicyclic amines) is 2. The van der Waals surface area contributed by atoms with Crippen LogP contribution in [0.5, 0.6) is 5.75 Å². The summed E-state index contributed by atoms with van der Waals surface area (Å²) in [6.07, 6.45) is 1.18. The number of rotatable bonds is 7. The van der Waals surface area contributed by atoms with Gasteiger partial charge < -0.3 is 14.7 Å². The summed E-state index contributed by atoms with van der Waals surface area (Å²) in [5.74, 6) is 1.10. The van der Waals surface area contributed by atoms with E-state index in [-0.39, 0.29) is 17.9 Å². The Bertz CT molecular complexity index is 1110. The number of β-amino-alcohol motifs (C(OH)–C–C–N with tert-alkyl or cyclic N) is 1. The van der Waals surface area contributed by atoms with Gasteiger partial charge in [0, 0.05) is 25.6 Å². The number of aliphatic hydroxyl groups is 1. The Morgan fingerprint density at radius 2 is 1.63 bits per heavy atom. The molecule has 5 nitrogen and oxygen atoms in total. The fourth-order valence-corrected chi connectivity index (χ4v) is 5.31. The SMILES string of the molecule is Cc1ccc(CN2CCC(N3CC[C@H](c4ccc(OCc5ccccc5)cc4)[C@@H](O)C3)C2=O)cc1. The van der Waals surface area contributed by atoms with Gasteiger partial charge >= 0.3 is 0 Å². The quantitative estimate of drug-likeness (QED) is 0.552. The maximum atomic E-state index is 13.1. The Balaban J connectivity index is 1.14. The molecule has 0 aromatic heterocycles. The summed E-state index contributed by atoms with van der Waals surface area (Å²) < 4.78 is 5.90. The van der Waals surface area contributed by atoms with Crippen molar-refractivity contribution in [1.29, 1.82) is 0 Å². The summed E-state index contributed by atoms with van der Waals surface area (Å²) in [5.41, 5.74) is 4.66. The number of hydrogen-bond acceptors (Lipinski definition) is 4. The van der Waals surface area contributed by atoms with Crippen LogP contribution in [0.2, 0.25) is 0 Å². The third-order valence-corrected chi connectivity index (χ3v) is 7.37. The lowest BCUT2D eigenvalue weighted by Crippen LogP contribution is -2.50. The first-order valence-corrected chi connectivity index (χ1v) is 12.6. The van der Waals surface area contributed by atoms with E-state index in [4.69, 9.17) is 4.74 Å². The fourth-order valence-electron chi connectivity index (χ4n) is 5.31. The third-order valence-electron chi connectivity index (χ3n) is 7.37. The summed E-state index contributed by atoms with van der Waals surface area (Å²) >= 11 is 0. The molecular weight excluding hydrogens is 436 g/mol. The number of hydrogen-bond donors (Lipinski definition) is 1. The minimum atomic E-state index is -0.487. The number of carbonyl (C=O) groups excluding carboxylic acids is 1. The molecule has 0 saturated carbocycles. The van der Waals surface area contributed by atoms with Gasteiger partial charge in [-0.1, -0.05) is 72.3 Å². The van der Waals surface area contributed by atoms with Crippen LogP contribution in [0.4, 0.5) is 0 Å². The molecule has 0 bridgehead atoms. The molecule has 0 spiro atoms. The van der Waals surface area contributed by atoms with Crippen molar-refractivity contribution in [3.8, 4) is 5.75 Å². The number of aryl methyl sites for hydroxylation is 1. The van der Waals surface area contributed by atoms with Crippen molar-refractivity contribution in [2.24, 2.45) is 0 Å². The van der Waals surface area contributed by atoms with E-state index in [0.717, 1.165) is 42.8 Å². The van der Waals surface area contributed by atoms with E-state index in [0.29, 0.717) is 19.7 Å². The van der Waals surface area contributed by atoms with E-state index < -0.39 is 6.10 Å². The van der Waals surface area contributed by atoms with Crippen molar-refractivity contribution in [1.82, 2.24) is 9.80 Å². The highest BCUT2D eigenvalue weighted by atomic mass is 16.5. The number of amides is 1. The van der Waals surface area contributed by atoms with Crippen LogP contribution in [0.3, 0.4) is 0 Å². The molecule has 2 aliphatic rings. The average Bonchev–Trinajstić information content (AvgIpc) is 3.25. The molecule has 5 rings (SSSR count). The molecule has 0 aliphatic carbocycles. The number of piperidine rings is 1. The fraction of sp³-hybridized carbons (Fsp3) is 0.367. The van der Waals surface area contributed by atoms with E-state index in [1.54, 1.807) is 0 Å². The molecule has 2 saturated heterocycles. The first-order valence-electron chi connectivity index (χ1n) is 12.6. The van der Waals surface area contributed by atoms with Crippen LogP contribution in [-0.4, -0.2) is 52.6 Å². The maximum absolute atomic E-state index is 13.1. The molecule has 1 N–H and O–H groups in total. The lowest BCUT2D eigenvalue weighted by Gasteiger charge is -2.38. The molecule has 5 heteroatoms. The van der Waals surface area contributed by atoms with Gasteiger partial charge in [0.1, 0.15) is 12.4 Å². The molecule has 2 heterocycles. The van der Waals surface area contributed by atoms with Gasteiger partial charge in [-0.3, -0.25) is 9.69 Å². The summed E-state index contributed by atoms with van der Waals surface area (Å²) in [4.78, 5) is 17.3. The van der Waals surface area contributed by atoms with Gasteiger partial charge in [0.05, 0.1) is 12.1 Å². The van der Waals surface area contributed by atoms with E-state index in [9.17, 15) is 9.90 Å². The number of aliphatic hydroxyl groups excluding tert-OH is 1. The molecule has 1 amide bonds. The standard InChI is InChI=1S/C30H34N2O3/c1-22-7-9-23(10-8-22)19-32-18-16-28(30(32)34)31-17-15-27(29(33)20-31)25-11-13-26(14-12-25)35-21-24-5-3-2-4-6-24/h2-14,27-29,33H,15-21H2,1H3/t27-,28?,29+/m1/s1. The lowest BCUT2D eigenvalue weighted by molar-refractivity contribution is -0.133. The molecule has 3 aromatic rings. The molecule has 1 unspecified atom stereocenters. The monoisotopic (exact) mass is 470 g/mol. The van der Waals surface area contributed by atoms with Crippen LogP contribution in [0.1, 0.15) is 41.0 Å². The Morgan fingerprint density at radius 3 is 2.34 bits per heavy atom. The van der Waals surface area contributed by atoms with Crippen LogP contribution in [0, 0.1) is 6.92 Å². The van der Waals surface area contributed by atoms with Gasteiger partial charge in [-0.05, 0) is 55.1 Å². The summed E-state index contributed by atoms with van der Waals surface area (Å²) in [6.45, 7) is 5.40. The minimum absolute atomic E-state index is 0.0783. The zero-order valence-corrected chi connectivity index (χ0v) is 20.3. The minimum Gasteiger partial charge on any atom is -0.489 e. The van der Waals surface area contributed by atoms with Crippen molar-refractivity contribution in [3.05, 3.63) is 101 Å². The molecule has 0 radical (unpaired) electrons. The second-order valence-corrected chi connectivity index (χ2v) is 9.85. The molecular formula is C30H34N2O3. The second-order valence-electron chi connectivity index (χ2n) is 9.85. The largest absolute Gasteiger partial charge is 0.489 e. The number of nitrogens with zero attached hydrogens (tertiary/aromatic N) is 2. The Morgan fingerprint density at radius 1 is 0.886 bits per heavy atom. The van der Waals surface area contributed by atoms with Crippen LogP contribution in [-0.2, 0) is 17.9 Å². The highest BCUT2D eigenvalue weighted by molar-refractivity contribution is 5.84. The van der Waals surface area contributed by atoms with E-state index in [2.05, 4.69) is 60.4 Å². The van der Waals surface area contributed by atoms with Crippen molar-refractivity contribution in [2.75, 3.05) is 19.6 Å². The highest BCUT2D eigenvalue weighted by Gasteiger charge is 2.39. The second kappa shape index (κ2) is 10.6. The van der Waals surface area contributed by atoms with Gasteiger partial charge in [-0.25, -0.2) is 0 Å². The van der Waals surface area contributed by atoms with E-state index in [1.807, 2.05) is 35.2 Å². The predicted octanol–water partition coefficient (Wildman–Crippen LogP) is 4.53. The van der Waals surface area contributed by atoms with E-state index >= 15 is 0 Å². The zero-order valence-electron chi connectivity index (χ0n) is 20.3. The maximum Gasteiger partial charge on any atom is 0.240 e.